The summed E-state index contributed by atoms with van der Waals surface area (Å²) in [7, 11) is 0. The van der Waals surface area contributed by atoms with Gasteiger partial charge in [0, 0.05) is 63.7 Å². The average Bonchev–Trinajstić information content (AvgIpc) is 3.12. The third kappa shape index (κ3) is 8.34. The van der Waals surface area contributed by atoms with Crippen molar-refractivity contribution in [3.05, 3.63) is 132 Å². The molecule has 0 aliphatic carbocycles. The fraction of sp³-hybridized carbons (Fsp3) is 0.316. The maximum absolute atomic E-state index is 13.8. The van der Waals surface area contributed by atoms with Crippen molar-refractivity contribution in [3.63, 3.8) is 0 Å². The van der Waals surface area contributed by atoms with Gasteiger partial charge in [-0.2, -0.15) is 0 Å². The largest absolute Gasteiger partial charge is 0.368 e. The van der Waals surface area contributed by atoms with Crippen molar-refractivity contribution >= 4 is 23.2 Å². The van der Waals surface area contributed by atoms with Gasteiger partial charge in [0.15, 0.2) is 0 Å². The predicted molar refractivity (Wildman–Crippen MR) is 179 cm³/mol. The highest BCUT2D eigenvalue weighted by atomic mass is 19.1. The Labute approximate surface area is 275 Å². The molecule has 2 aliphatic heterocycles. The molecule has 0 bridgehead atoms. The molecule has 2 amide bonds. The highest BCUT2D eigenvalue weighted by Gasteiger charge is 2.30. The lowest BCUT2D eigenvalue weighted by molar-refractivity contribution is -0.139. The molecule has 47 heavy (non-hydrogen) atoms. The van der Waals surface area contributed by atoms with E-state index in [0.717, 1.165) is 22.5 Å². The van der Waals surface area contributed by atoms with Gasteiger partial charge in [-0.25, -0.2) is 8.78 Å². The third-order valence-electron chi connectivity index (χ3n) is 9.00. The van der Waals surface area contributed by atoms with Crippen molar-refractivity contribution in [3.8, 4) is 0 Å². The molecular weight excluding hydrogens is 598 g/mol. The molecule has 244 valence electrons. The molecule has 9 heteroatoms. The van der Waals surface area contributed by atoms with Gasteiger partial charge in [-0.1, -0.05) is 72.8 Å². The summed E-state index contributed by atoms with van der Waals surface area (Å²) < 4.78 is 34.3. The molecule has 2 heterocycles. The topological polar surface area (TPSA) is 56.3 Å². The zero-order valence-electron chi connectivity index (χ0n) is 26.4. The number of ether oxygens (including phenoxy) is 1. The van der Waals surface area contributed by atoms with E-state index in [2.05, 4.69) is 9.80 Å². The fourth-order valence-corrected chi connectivity index (χ4v) is 6.37. The van der Waals surface area contributed by atoms with E-state index >= 15 is 0 Å². The molecule has 0 saturated carbocycles. The maximum atomic E-state index is 13.8. The molecule has 0 spiro atoms. The van der Waals surface area contributed by atoms with Crippen LogP contribution in [0.1, 0.15) is 36.2 Å². The lowest BCUT2D eigenvalue weighted by Gasteiger charge is -2.37. The Morgan fingerprint density at radius 2 is 0.915 bits per heavy atom. The summed E-state index contributed by atoms with van der Waals surface area (Å²) in [5, 5.41) is 0. The summed E-state index contributed by atoms with van der Waals surface area (Å²) in [4.78, 5) is 35.3. The molecule has 0 N–H and O–H groups in total. The SMILES string of the molecule is O=C(CC(OC(CC(=O)N1CCN(c2cccc(F)c2)CC1)c1ccccc1)c1ccccc1)N1CCN(c2cccc(F)c2)CC1. The normalized spacial score (nSPS) is 16.6. The molecule has 7 nitrogen and oxygen atoms in total. The van der Waals surface area contributed by atoms with Crippen LogP contribution in [0.3, 0.4) is 0 Å². The number of nitrogens with zero attached hydrogens (tertiary/aromatic N) is 4. The Hall–Kier alpha value is -4.76. The molecule has 4 aromatic rings. The van der Waals surface area contributed by atoms with Gasteiger partial charge in [-0.05, 0) is 47.5 Å². The van der Waals surface area contributed by atoms with Crippen molar-refractivity contribution in [2.24, 2.45) is 0 Å². The molecular formula is C38H40F2N4O3. The van der Waals surface area contributed by atoms with E-state index in [-0.39, 0.29) is 36.3 Å². The minimum atomic E-state index is -0.562. The lowest BCUT2D eigenvalue weighted by Crippen LogP contribution is -2.49. The molecule has 6 rings (SSSR count). The summed E-state index contributed by atoms with van der Waals surface area (Å²) in [5.74, 6) is -0.600. The molecule has 4 aromatic carbocycles. The van der Waals surface area contributed by atoms with E-state index in [1.165, 1.54) is 24.3 Å². The number of amides is 2. The third-order valence-corrected chi connectivity index (χ3v) is 9.00. The van der Waals surface area contributed by atoms with Crippen molar-refractivity contribution < 1.29 is 23.1 Å². The number of halogens is 2. The van der Waals surface area contributed by atoms with Gasteiger partial charge in [0.2, 0.25) is 11.8 Å². The second-order valence-corrected chi connectivity index (χ2v) is 12.0. The first-order valence-corrected chi connectivity index (χ1v) is 16.2. The number of benzene rings is 4. The first-order valence-electron chi connectivity index (χ1n) is 16.2. The van der Waals surface area contributed by atoms with Gasteiger partial charge < -0.3 is 24.3 Å². The highest BCUT2D eigenvalue weighted by molar-refractivity contribution is 5.78. The number of carbonyl (C=O) groups excluding carboxylic acids is 2. The van der Waals surface area contributed by atoms with Crippen molar-refractivity contribution in [2.45, 2.75) is 25.0 Å². The Balaban J connectivity index is 1.13. The number of rotatable bonds is 10. The van der Waals surface area contributed by atoms with E-state index in [0.29, 0.717) is 52.4 Å². The molecule has 2 unspecified atom stereocenters. The quantitative estimate of drug-likeness (QED) is 0.206. The van der Waals surface area contributed by atoms with Crippen molar-refractivity contribution in [1.29, 1.82) is 0 Å². The maximum Gasteiger partial charge on any atom is 0.225 e. The van der Waals surface area contributed by atoms with Crippen molar-refractivity contribution in [2.75, 3.05) is 62.2 Å². The van der Waals surface area contributed by atoms with Gasteiger partial charge >= 0.3 is 0 Å². The number of hydrogen-bond donors (Lipinski definition) is 0. The molecule has 0 radical (unpaired) electrons. The van der Waals surface area contributed by atoms with Gasteiger partial charge in [0.05, 0.1) is 25.0 Å². The second kappa shape index (κ2) is 15.2. The van der Waals surface area contributed by atoms with Crippen LogP contribution in [-0.4, -0.2) is 74.0 Å². The smallest absolute Gasteiger partial charge is 0.225 e. The highest BCUT2D eigenvalue weighted by Crippen LogP contribution is 2.33. The first-order chi connectivity index (χ1) is 22.9. The van der Waals surface area contributed by atoms with Crippen LogP contribution >= 0.6 is 0 Å². The Kier molecular flexibility index (Phi) is 10.4. The minimum Gasteiger partial charge on any atom is -0.368 e. The molecule has 2 atom stereocenters. The van der Waals surface area contributed by atoms with E-state index in [9.17, 15) is 18.4 Å². The van der Waals surface area contributed by atoms with Gasteiger partial charge in [-0.15, -0.1) is 0 Å². The predicted octanol–water partition coefficient (Wildman–Crippen LogP) is 6.24. The number of anilines is 2. The number of piperazine rings is 2. The Morgan fingerprint density at radius 3 is 1.28 bits per heavy atom. The van der Waals surface area contributed by atoms with E-state index in [1.807, 2.05) is 82.6 Å². The van der Waals surface area contributed by atoms with Crippen LogP contribution in [0.15, 0.2) is 109 Å². The lowest BCUT2D eigenvalue weighted by atomic mass is 10.0. The summed E-state index contributed by atoms with van der Waals surface area (Å²) in [6.07, 6.45) is -0.859. The Bertz CT molecular complexity index is 1500. The van der Waals surface area contributed by atoms with Crippen LogP contribution in [-0.2, 0) is 14.3 Å². The van der Waals surface area contributed by atoms with Crippen LogP contribution in [0, 0.1) is 11.6 Å². The van der Waals surface area contributed by atoms with Crippen molar-refractivity contribution in [1.82, 2.24) is 9.80 Å². The monoisotopic (exact) mass is 638 g/mol. The first kappa shape index (κ1) is 32.2. The molecule has 2 aliphatic rings. The van der Waals surface area contributed by atoms with E-state index < -0.39 is 12.2 Å². The fourth-order valence-electron chi connectivity index (χ4n) is 6.37. The molecule has 2 saturated heterocycles. The van der Waals surface area contributed by atoms with E-state index in [4.69, 9.17) is 4.74 Å². The Morgan fingerprint density at radius 1 is 0.532 bits per heavy atom. The average molecular weight is 639 g/mol. The number of hydrogen-bond acceptors (Lipinski definition) is 5. The standard InChI is InChI=1S/C38H40F2N4O3/c39-31-13-7-15-33(25-31)41-17-21-43(22-18-41)37(45)27-35(29-9-3-1-4-10-29)47-36(30-11-5-2-6-12-30)28-38(46)44-23-19-42(20-24-44)34-16-8-14-32(40)26-34/h1-16,25-26,35-36H,17-24,27-28H2. The number of carbonyl (C=O) groups is 2. The second-order valence-electron chi connectivity index (χ2n) is 12.0. The minimum absolute atomic E-state index is 0.0237. The van der Waals surface area contributed by atoms with Crippen LogP contribution in [0.5, 0.6) is 0 Å². The van der Waals surface area contributed by atoms with Crippen LogP contribution < -0.4 is 9.80 Å². The van der Waals surface area contributed by atoms with Gasteiger partial charge in [-0.3, -0.25) is 9.59 Å². The van der Waals surface area contributed by atoms with Gasteiger partial charge in [0.25, 0.3) is 0 Å². The summed E-state index contributed by atoms with van der Waals surface area (Å²) in [6, 6.07) is 32.4. The summed E-state index contributed by atoms with van der Waals surface area (Å²) in [6.45, 7) is 4.55. The zero-order valence-corrected chi connectivity index (χ0v) is 26.4. The van der Waals surface area contributed by atoms with Crippen LogP contribution in [0.25, 0.3) is 0 Å². The van der Waals surface area contributed by atoms with E-state index in [1.54, 1.807) is 12.1 Å². The molecule has 2 fully saturated rings. The summed E-state index contributed by atoms with van der Waals surface area (Å²) >= 11 is 0. The molecule has 0 aromatic heterocycles. The zero-order chi connectivity index (χ0) is 32.6. The van der Waals surface area contributed by atoms with Gasteiger partial charge in [0.1, 0.15) is 11.6 Å². The van der Waals surface area contributed by atoms with Crippen LogP contribution in [0.2, 0.25) is 0 Å². The van der Waals surface area contributed by atoms with Crippen LogP contribution in [0.4, 0.5) is 20.2 Å². The summed E-state index contributed by atoms with van der Waals surface area (Å²) in [5.41, 5.74) is 3.37.